The van der Waals surface area contributed by atoms with E-state index in [-0.39, 0.29) is 23.3 Å². The standard InChI is InChI=1S/C31H28N2O8S/c1-6-40-30(37)26-17(3)32-31-33(27(26)21-11-9-19(38-4)14-24(21)39-5)28(34)25(42-31)15-20-10-12-23(41-20)22-13-18(29(35)36)8-7-16(22)2/h7-15,27H,6H2,1-5H3,(H,35,36)/b25-15-/t27-/m1/s1. The predicted octanol–water partition coefficient (Wildman–Crippen LogP) is 4.08. The quantitative estimate of drug-likeness (QED) is 0.305. The lowest BCUT2D eigenvalue weighted by Gasteiger charge is -2.26. The van der Waals surface area contributed by atoms with Gasteiger partial charge in [0.2, 0.25) is 0 Å². The number of carboxylic acid groups (broad SMARTS) is 1. The molecule has 2 aromatic carbocycles. The van der Waals surface area contributed by atoms with E-state index < -0.39 is 18.0 Å². The van der Waals surface area contributed by atoms with Crippen LogP contribution in [0.4, 0.5) is 0 Å². The first-order chi connectivity index (χ1) is 20.2. The average Bonchev–Trinajstić information content (AvgIpc) is 3.56. The summed E-state index contributed by atoms with van der Waals surface area (Å²) in [6.45, 7) is 5.43. The predicted molar refractivity (Wildman–Crippen MR) is 156 cm³/mol. The number of furan rings is 1. The van der Waals surface area contributed by atoms with E-state index in [2.05, 4.69) is 4.99 Å². The minimum atomic E-state index is -1.04. The maximum Gasteiger partial charge on any atom is 0.338 e. The number of aromatic nitrogens is 1. The van der Waals surface area contributed by atoms with E-state index in [0.29, 0.717) is 49.2 Å². The number of hydrogen-bond donors (Lipinski definition) is 1. The zero-order valence-corrected chi connectivity index (χ0v) is 24.4. The highest BCUT2D eigenvalue weighted by atomic mass is 32.1. The minimum Gasteiger partial charge on any atom is -0.497 e. The summed E-state index contributed by atoms with van der Waals surface area (Å²) in [5.41, 5.74) is 2.47. The number of rotatable bonds is 8. The van der Waals surface area contributed by atoms with Gasteiger partial charge in [0.1, 0.15) is 29.1 Å². The fourth-order valence-corrected chi connectivity index (χ4v) is 5.88. The zero-order valence-electron chi connectivity index (χ0n) is 23.6. The van der Waals surface area contributed by atoms with Gasteiger partial charge in [-0.3, -0.25) is 9.36 Å². The molecule has 0 unspecified atom stereocenters. The van der Waals surface area contributed by atoms with Gasteiger partial charge < -0.3 is 23.7 Å². The second-order valence-electron chi connectivity index (χ2n) is 9.45. The number of carbonyl (C=O) groups is 2. The Kier molecular flexibility index (Phi) is 7.86. The summed E-state index contributed by atoms with van der Waals surface area (Å²) < 4.78 is 24.2. The molecule has 42 heavy (non-hydrogen) atoms. The number of ether oxygens (including phenoxy) is 3. The van der Waals surface area contributed by atoms with Crippen LogP contribution in [0.2, 0.25) is 0 Å². The van der Waals surface area contributed by atoms with Crippen molar-refractivity contribution in [2.45, 2.75) is 26.8 Å². The molecule has 0 spiro atoms. The maximum absolute atomic E-state index is 13.9. The molecule has 1 aliphatic rings. The van der Waals surface area contributed by atoms with Crippen molar-refractivity contribution < 1.29 is 33.3 Å². The van der Waals surface area contributed by atoms with Crippen molar-refractivity contribution in [3.63, 3.8) is 0 Å². The second kappa shape index (κ2) is 11.5. The summed E-state index contributed by atoms with van der Waals surface area (Å²) in [6.07, 6.45) is 1.61. The molecule has 0 aliphatic carbocycles. The van der Waals surface area contributed by atoms with Gasteiger partial charge in [-0.2, -0.15) is 0 Å². The summed E-state index contributed by atoms with van der Waals surface area (Å²) in [6, 6.07) is 12.6. The summed E-state index contributed by atoms with van der Waals surface area (Å²) in [7, 11) is 3.04. The molecule has 10 nitrogen and oxygen atoms in total. The van der Waals surface area contributed by atoms with Gasteiger partial charge in [-0.25, -0.2) is 14.6 Å². The van der Waals surface area contributed by atoms with Gasteiger partial charge in [-0.15, -0.1) is 0 Å². The van der Waals surface area contributed by atoms with E-state index >= 15 is 0 Å². The van der Waals surface area contributed by atoms with Crippen LogP contribution in [-0.4, -0.2) is 42.4 Å². The number of nitrogens with zero attached hydrogens (tertiary/aromatic N) is 2. The van der Waals surface area contributed by atoms with Gasteiger partial charge in [0.25, 0.3) is 5.56 Å². The molecule has 0 bridgehead atoms. The van der Waals surface area contributed by atoms with Crippen LogP contribution in [0.1, 0.15) is 47.1 Å². The number of aromatic carboxylic acids is 1. The normalized spacial score (nSPS) is 14.8. The molecular weight excluding hydrogens is 560 g/mol. The van der Waals surface area contributed by atoms with Crippen LogP contribution in [0, 0.1) is 6.92 Å². The van der Waals surface area contributed by atoms with Crippen LogP contribution in [0.15, 0.2) is 74.0 Å². The molecule has 0 fully saturated rings. The molecule has 1 N–H and O–H groups in total. The van der Waals surface area contributed by atoms with Crippen molar-refractivity contribution in [1.82, 2.24) is 4.57 Å². The maximum atomic E-state index is 13.9. The van der Waals surface area contributed by atoms with Crippen molar-refractivity contribution in [1.29, 1.82) is 0 Å². The molecule has 0 saturated carbocycles. The van der Waals surface area contributed by atoms with E-state index in [9.17, 15) is 19.5 Å². The molecule has 4 aromatic rings. The number of esters is 1. The Morgan fingerprint density at radius 2 is 1.88 bits per heavy atom. The highest BCUT2D eigenvalue weighted by Crippen LogP contribution is 2.37. The lowest BCUT2D eigenvalue weighted by atomic mass is 9.95. The van der Waals surface area contributed by atoms with E-state index in [1.807, 2.05) is 6.92 Å². The van der Waals surface area contributed by atoms with Gasteiger partial charge >= 0.3 is 11.9 Å². The van der Waals surface area contributed by atoms with E-state index in [4.69, 9.17) is 18.6 Å². The third-order valence-corrected chi connectivity index (χ3v) is 7.89. The Morgan fingerprint density at radius 3 is 2.57 bits per heavy atom. The van der Waals surface area contributed by atoms with Crippen molar-refractivity contribution in [3.05, 3.63) is 102 Å². The Bertz CT molecular complexity index is 1930. The average molecular weight is 589 g/mol. The molecule has 11 heteroatoms. The molecule has 0 radical (unpaired) electrons. The number of thiazole rings is 1. The van der Waals surface area contributed by atoms with Crippen molar-refractivity contribution in [2.24, 2.45) is 4.99 Å². The number of allylic oxidation sites excluding steroid dienone is 1. The Labute approximate surface area is 244 Å². The van der Waals surface area contributed by atoms with Crippen LogP contribution in [0.3, 0.4) is 0 Å². The topological polar surface area (TPSA) is 130 Å². The van der Waals surface area contributed by atoms with Crippen LogP contribution in [-0.2, 0) is 9.53 Å². The number of aryl methyl sites for hydroxylation is 1. The lowest BCUT2D eigenvalue weighted by molar-refractivity contribution is -0.139. The van der Waals surface area contributed by atoms with E-state index in [1.165, 1.54) is 24.9 Å². The largest absolute Gasteiger partial charge is 0.497 e. The minimum absolute atomic E-state index is 0.142. The monoisotopic (exact) mass is 588 g/mol. The number of benzene rings is 2. The first kappa shape index (κ1) is 28.6. The summed E-state index contributed by atoms with van der Waals surface area (Å²) in [5.74, 6) is 0.237. The molecule has 216 valence electrons. The first-order valence-corrected chi connectivity index (χ1v) is 13.8. The number of hydrogen-bond acceptors (Lipinski definition) is 9. The lowest BCUT2D eigenvalue weighted by Crippen LogP contribution is -2.40. The zero-order chi connectivity index (χ0) is 30.1. The number of fused-ring (bicyclic) bond motifs is 1. The van der Waals surface area contributed by atoms with Crippen molar-refractivity contribution in [2.75, 3.05) is 20.8 Å². The SMILES string of the molecule is CCOC(=O)C1=C(C)N=c2s/c(=C\c3ccc(-c4cc(C(=O)O)ccc4C)o3)c(=O)n2[C@@H]1c1ccc(OC)cc1OC. The Hall–Kier alpha value is -4.90. The molecular formula is C31H28N2O8S. The fraction of sp³-hybridized carbons (Fsp3) is 0.226. The fourth-order valence-electron chi connectivity index (χ4n) is 4.85. The highest BCUT2D eigenvalue weighted by molar-refractivity contribution is 7.07. The molecule has 3 heterocycles. The van der Waals surface area contributed by atoms with Gasteiger partial charge in [0.15, 0.2) is 4.80 Å². The van der Waals surface area contributed by atoms with Gasteiger partial charge in [0, 0.05) is 23.3 Å². The molecule has 0 saturated heterocycles. The van der Waals surface area contributed by atoms with Crippen LogP contribution in [0.25, 0.3) is 17.4 Å². The molecule has 1 atom stereocenters. The van der Waals surface area contributed by atoms with Crippen molar-refractivity contribution in [3.8, 4) is 22.8 Å². The summed E-state index contributed by atoms with van der Waals surface area (Å²) >= 11 is 1.16. The second-order valence-corrected chi connectivity index (χ2v) is 10.5. The third kappa shape index (κ3) is 5.14. The molecule has 2 aromatic heterocycles. The highest BCUT2D eigenvalue weighted by Gasteiger charge is 2.35. The first-order valence-electron chi connectivity index (χ1n) is 13.0. The van der Waals surface area contributed by atoms with E-state index in [1.54, 1.807) is 62.4 Å². The van der Waals surface area contributed by atoms with Crippen molar-refractivity contribution >= 4 is 29.4 Å². The van der Waals surface area contributed by atoms with E-state index in [0.717, 1.165) is 16.9 Å². The van der Waals surface area contributed by atoms with Crippen LogP contribution in [0.5, 0.6) is 11.5 Å². The van der Waals surface area contributed by atoms with Crippen LogP contribution < -0.4 is 24.4 Å². The number of carbonyl (C=O) groups excluding carboxylic acids is 1. The summed E-state index contributed by atoms with van der Waals surface area (Å²) in [4.78, 5) is 43.6. The molecule has 1 aliphatic heterocycles. The van der Waals surface area contributed by atoms with Gasteiger partial charge in [0.05, 0.1) is 42.2 Å². The number of carboxylic acids is 1. The summed E-state index contributed by atoms with van der Waals surface area (Å²) in [5, 5.41) is 9.39. The molecule has 5 rings (SSSR count). The Morgan fingerprint density at radius 1 is 1.10 bits per heavy atom. The number of methoxy groups -OCH3 is 2. The van der Waals surface area contributed by atoms with Gasteiger partial charge in [-0.1, -0.05) is 17.4 Å². The van der Waals surface area contributed by atoms with Gasteiger partial charge in [-0.05, 0) is 62.7 Å². The smallest absolute Gasteiger partial charge is 0.338 e. The van der Waals surface area contributed by atoms with Crippen LogP contribution >= 0.6 is 11.3 Å². The molecule has 0 amide bonds. The third-order valence-electron chi connectivity index (χ3n) is 6.90. The Balaban J connectivity index is 1.66.